The first-order valence-electron chi connectivity index (χ1n) is 7.38. The van der Waals surface area contributed by atoms with Crippen molar-refractivity contribution in [2.45, 2.75) is 44.4 Å². The van der Waals surface area contributed by atoms with Crippen LogP contribution < -0.4 is 0 Å². The highest BCUT2D eigenvalue weighted by atomic mass is 16.5. The molecule has 0 bridgehead atoms. The number of nitrogens with zero attached hydrogens (tertiary/aromatic N) is 2. The number of nitriles is 1. The zero-order chi connectivity index (χ0) is 16.3. The van der Waals surface area contributed by atoms with E-state index in [2.05, 4.69) is 6.07 Å². The Morgan fingerprint density at radius 2 is 2.18 bits per heavy atom. The molecule has 0 aliphatic carbocycles. The molecule has 1 aliphatic rings. The van der Waals surface area contributed by atoms with Gasteiger partial charge in [-0.15, -0.1) is 0 Å². The molecule has 0 radical (unpaired) electrons. The number of rotatable bonds is 4. The van der Waals surface area contributed by atoms with Gasteiger partial charge in [0, 0.05) is 19.5 Å². The van der Waals surface area contributed by atoms with Gasteiger partial charge in [0.15, 0.2) is 0 Å². The summed E-state index contributed by atoms with van der Waals surface area (Å²) in [7, 11) is 1.36. The van der Waals surface area contributed by atoms with Crippen molar-refractivity contribution in [1.82, 2.24) is 4.90 Å². The summed E-state index contributed by atoms with van der Waals surface area (Å²) >= 11 is 0. The van der Waals surface area contributed by atoms with Crippen LogP contribution >= 0.6 is 0 Å². The van der Waals surface area contributed by atoms with E-state index in [1.807, 2.05) is 43.0 Å². The standard InChI is InChI=1S/C17H22N2O3/c1-17(2,11-18)14-7-5-4-6-12(14)9-19-10-13(20)8-15(19)16(21)22-3/h4-7,13,15,20H,8-10H2,1-3H3/t13-,15-/m0/s1. The summed E-state index contributed by atoms with van der Waals surface area (Å²) in [6.45, 7) is 4.70. The van der Waals surface area contributed by atoms with Crippen molar-refractivity contribution in [2.75, 3.05) is 13.7 Å². The molecular formula is C17H22N2O3. The number of esters is 1. The molecule has 1 N–H and O–H groups in total. The molecule has 0 spiro atoms. The van der Waals surface area contributed by atoms with Crippen molar-refractivity contribution in [2.24, 2.45) is 0 Å². The lowest BCUT2D eigenvalue weighted by Gasteiger charge is -2.26. The summed E-state index contributed by atoms with van der Waals surface area (Å²) < 4.78 is 4.83. The number of likely N-dealkylation sites (tertiary alicyclic amines) is 1. The maximum absolute atomic E-state index is 11.9. The molecule has 1 aromatic carbocycles. The second kappa shape index (κ2) is 6.47. The molecule has 1 aromatic rings. The highest BCUT2D eigenvalue weighted by molar-refractivity contribution is 5.76. The first-order valence-corrected chi connectivity index (χ1v) is 7.38. The number of aliphatic hydroxyl groups is 1. The van der Waals surface area contributed by atoms with Crippen molar-refractivity contribution in [3.8, 4) is 6.07 Å². The van der Waals surface area contributed by atoms with Crippen LogP contribution in [0.5, 0.6) is 0 Å². The number of aliphatic hydroxyl groups excluding tert-OH is 1. The van der Waals surface area contributed by atoms with Gasteiger partial charge in [-0.25, -0.2) is 0 Å². The quantitative estimate of drug-likeness (QED) is 0.855. The largest absolute Gasteiger partial charge is 0.468 e. The summed E-state index contributed by atoms with van der Waals surface area (Å²) in [5.41, 5.74) is 1.34. The maximum Gasteiger partial charge on any atom is 0.323 e. The molecule has 118 valence electrons. The summed E-state index contributed by atoms with van der Waals surface area (Å²) in [6, 6.07) is 9.63. The van der Waals surface area contributed by atoms with Gasteiger partial charge in [-0.1, -0.05) is 24.3 Å². The smallest absolute Gasteiger partial charge is 0.323 e. The van der Waals surface area contributed by atoms with Gasteiger partial charge in [0.1, 0.15) is 6.04 Å². The van der Waals surface area contributed by atoms with Gasteiger partial charge >= 0.3 is 5.97 Å². The van der Waals surface area contributed by atoms with Gasteiger partial charge in [0.2, 0.25) is 0 Å². The van der Waals surface area contributed by atoms with Crippen LogP contribution in [-0.4, -0.2) is 41.8 Å². The molecule has 2 atom stereocenters. The average Bonchev–Trinajstić information content (AvgIpc) is 2.87. The summed E-state index contributed by atoms with van der Waals surface area (Å²) in [5, 5.41) is 19.2. The van der Waals surface area contributed by atoms with Gasteiger partial charge in [-0.05, 0) is 25.0 Å². The van der Waals surface area contributed by atoms with Crippen molar-refractivity contribution in [3.63, 3.8) is 0 Å². The Balaban J connectivity index is 2.27. The van der Waals surface area contributed by atoms with Crippen molar-refractivity contribution >= 4 is 5.97 Å². The van der Waals surface area contributed by atoms with E-state index in [1.54, 1.807) is 0 Å². The van der Waals surface area contributed by atoms with E-state index < -0.39 is 17.6 Å². The third-order valence-electron chi connectivity index (χ3n) is 4.20. The second-order valence-electron chi connectivity index (χ2n) is 6.25. The van der Waals surface area contributed by atoms with Gasteiger partial charge in [-0.2, -0.15) is 5.26 Å². The van der Waals surface area contributed by atoms with E-state index in [0.717, 1.165) is 11.1 Å². The van der Waals surface area contributed by atoms with E-state index in [-0.39, 0.29) is 5.97 Å². The van der Waals surface area contributed by atoms with Gasteiger partial charge in [0.05, 0.1) is 24.7 Å². The molecule has 1 heterocycles. The third-order valence-corrected chi connectivity index (χ3v) is 4.20. The summed E-state index contributed by atoms with van der Waals surface area (Å²) in [5.74, 6) is -0.325. The Labute approximate surface area is 131 Å². The summed E-state index contributed by atoms with van der Waals surface area (Å²) in [4.78, 5) is 13.8. The van der Waals surface area contributed by atoms with Gasteiger partial charge in [0.25, 0.3) is 0 Å². The highest BCUT2D eigenvalue weighted by Gasteiger charge is 2.37. The number of ether oxygens (including phenoxy) is 1. The molecule has 5 nitrogen and oxygen atoms in total. The van der Waals surface area contributed by atoms with Crippen LogP contribution in [0.15, 0.2) is 24.3 Å². The normalized spacial score (nSPS) is 22.3. The van der Waals surface area contributed by atoms with Crippen molar-refractivity contribution < 1.29 is 14.6 Å². The fraction of sp³-hybridized carbons (Fsp3) is 0.529. The molecule has 1 aliphatic heterocycles. The monoisotopic (exact) mass is 302 g/mol. The first kappa shape index (κ1) is 16.5. The Morgan fingerprint density at radius 1 is 1.50 bits per heavy atom. The Bertz CT molecular complexity index is 592. The number of hydrogen-bond donors (Lipinski definition) is 1. The van der Waals surface area contributed by atoms with E-state index in [0.29, 0.717) is 19.5 Å². The predicted molar refractivity (Wildman–Crippen MR) is 81.9 cm³/mol. The van der Waals surface area contributed by atoms with Gasteiger partial charge < -0.3 is 9.84 Å². The molecule has 0 amide bonds. The average molecular weight is 302 g/mol. The van der Waals surface area contributed by atoms with Crippen LogP contribution in [0.1, 0.15) is 31.4 Å². The molecular weight excluding hydrogens is 280 g/mol. The van der Waals surface area contributed by atoms with Crippen LogP contribution in [0.25, 0.3) is 0 Å². The van der Waals surface area contributed by atoms with E-state index >= 15 is 0 Å². The minimum Gasteiger partial charge on any atom is -0.468 e. The number of hydrogen-bond acceptors (Lipinski definition) is 5. The van der Waals surface area contributed by atoms with Crippen molar-refractivity contribution in [3.05, 3.63) is 35.4 Å². The molecule has 0 aromatic heterocycles. The Kier molecular flexibility index (Phi) is 4.84. The van der Waals surface area contributed by atoms with Crippen LogP contribution in [0.4, 0.5) is 0 Å². The fourth-order valence-corrected chi connectivity index (χ4v) is 2.98. The Morgan fingerprint density at radius 3 is 2.82 bits per heavy atom. The zero-order valence-corrected chi connectivity index (χ0v) is 13.2. The second-order valence-corrected chi connectivity index (χ2v) is 6.25. The third kappa shape index (κ3) is 3.29. The van der Waals surface area contributed by atoms with Crippen LogP contribution in [0.3, 0.4) is 0 Å². The predicted octanol–water partition coefficient (Wildman–Crippen LogP) is 1.60. The molecule has 5 heteroatoms. The van der Waals surface area contributed by atoms with E-state index in [1.165, 1.54) is 7.11 Å². The van der Waals surface area contributed by atoms with E-state index in [9.17, 15) is 15.2 Å². The molecule has 1 fully saturated rings. The molecule has 22 heavy (non-hydrogen) atoms. The molecule has 0 saturated carbocycles. The van der Waals surface area contributed by atoms with Crippen LogP contribution in [0.2, 0.25) is 0 Å². The number of benzene rings is 1. The molecule has 2 rings (SSSR count). The minimum atomic E-state index is -0.601. The molecule has 0 unspecified atom stereocenters. The number of methoxy groups -OCH3 is 1. The number of carbonyl (C=O) groups excluding carboxylic acids is 1. The summed E-state index contributed by atoms with van der Waals surface area (Å²) in [6.07, 6.45) is -0.142. The minimum absolute atomic E-state index is 0.325. The zero-order valence-electron chi connectivity index (χ0n) is 13.2. The SMILES string of the molecule is COC(=O)[C@@H]1C[C@H](O)CN1Cc1ccccc1C(C)(C)C#N. The van der Waals surface area contributed by atoms with E-state index in [4.69, 9.17) is 4.74 Å². The number of carbonyl (C=O) groups is 1. The fourth-order valence-electron chi connectivity index (χ4n) is 2.98. The van der Waals surface area contributed by atoms with Crippen molar-refractivity contribution in [1.29, 1.82) is 5.26 Å². The Hall–Kier alpha value is -1.90. The van der Waals surface area contributed by atoms with Crippen LogP contribution in [-0.2, 0) is 21.5 Å². The maximum atomic E-state index is 11.9. The lowest BCUT2D eigenvalue weighted by molar-refractivity contribution is -0.146. The lowest BCUT2D eigenvalue weighted by Crippen LogP contribution is -2.37. The number of β-amino-alcohol motifs (C(OH)–C–C–N with tert-alkyl or cyclic N) is 1. The topological polar surface area (TPSA) is 73.6 Å². The first-order chi connectivity index (χ1) is 10.4. The highest BCUT2D eigenvalue weighted by Crippen LogP contribution is 2.29. The molecule has 1 saturated heterocycles. The van der Waals surface area contributed by atoms with Gasteiger partial charge in [-0.3, -0.25) is 9.69 Å². The lowest BCUT2D eigenvalue weighted by atomic mass is 9.83. The van der Waals surface area contributed by atoms with Crippen LogP contribution in [0, 0.1) is 11.3 Å².